The minimum absolute atomic E-state index is 0.0589. The van der Waals surface area contributed by atoms with Gasteiger partial charge < -0.3 is 19.1 Å². The van der Waals surface area contributed by atoms with Crippen LogP contribution in [0, 0.1) is 11.7 Å². The summed E-state index contributed by atoms with van der Waals surface area (Å²) in [6, 6.07) is 3.39. The summed E-state index contributed by atoms with van der Waals surface area (Å²) in [5.41, 5.74) is -0.243. The number of carbonyl (C=O) groups is 3. The lowest BCUT2D eigenvalue weighted by Gasteiger charge is -2.30. The Hall–Kier alpha value is -2.64. The topological polar surface area (TPSA) is 82.1 Å². The lowest BCUT2D eigenvalue weighted by Crippen LogP contribution is -2.46. The van der Waals surface area contributed by atoms with Gasteiger partial charge in [0.15, 0.2) is 17.3 Å². The van der Waals surface area contributed by atoms with E-state index in [-0.39, 0.29) is 24.4 Å². The Bertz CT molecular complexity index is 743. The van der Waals surface area contributed by atoms with Crippen molar-refractivity contribution in [1.82, 2.24) is 4.90 Å². The zero-order valence-corrected chi connectivity index (χ0v) is 18.1. The van der Waals surface area contributed by atoms with Gasteiger partial charge in [-0.3, -0.25) is 9.59 Å². The number of esters is 1. The van der Waals surface area contributed by atoms with E-state index in [1.54, 1.807) is 33.8 Å². The molecule has 0 aliphatic carbocycles. The molecule has 0 saturated carbocycles. The number of benzene rings is 1. The number of hydrogen-bond donors (Lipinski definition) is 0. The van der Waals surface area contributed by atoms with Gasteiger partial charge in [-0.1, -0.05) is 13.0 Å². The average molecular weight is 411 g/mol. The maximum Gasteiger partial charge on any atom is 0.410 e. The van der Waals surface area contributed by atoms with Crippen LogP contribution in [-0.2, 0) is 25.5 Å². The van der Waals surface area contributed by atoms with Crippen LogP contribution in [0.2, 0.25) is 0 Å². The molecule has 1 aromatic carbocycles. The molecule has 0 unspecified atom stereocenters. The van der Waals surface area contributed by atoms with E-state index in [1.165, 1.54) is 38.3 Å². The monoisotopic (exact) mass is 411 g/mol. The molecule has 0 aliphatic heterocycles. The van der Waals surface area contributed by atoms with Gasteiger partial charge in [0.2, 0.25) is 0 Å². The second-order valence-electron chi connectivity index (χ2n) is 7.87. The van der Waals surface area contributed by atoms with Gasteiger partial charge >= 0.3 is 12.1 Å². The van der Waals surface area contributed by atoms with Gasteiger partial charge in [-0.25, -0.2) is 9.18 Å². The predicted molar refractivity (Wildman–Crippen MR) is 105 cm³/mol. The first-order chi connectivity index (χ1) is 13.4. The molecule has 0 aromatic heterocycles. The van der Waals surface area contributed by atoms with Crippen LogP contribution in [0.15, 0.2) is 18.2 Å². The van der Waals surface area contributed by atoms with Gasteiger partial charge in [0, 0.05) is 19.9 Å². The summed E-state index contributed by atoms with van der Waals surface area (Å²) in [5.74, 6) is -2.04. The minimum atomic E-state index is -0.940. The number of likely N-dealkylation sites (N-methyl/N-ethyl adjacent to an activating group) is 1. The molecule has 0 N–H and O–H groups in total. The summed E-state index contributed by atoms with van der Waals surface area (Å²) in [6.07, 6.45) is -0.748. The molecular formula is C21H30FNO6. The third-order valence-electron chi connectivity index (χ3n) is 4.28. The van der Waals surface area contributed by atoms with Crippen LogP contribution in [0.5, 0.6) is 5.75 Å². The molecule has 1 rings (SSSR count). The first-order valence-corrected chi connectivity index (χ1v) is 9.28. The highest BCUT2D eigenvalue weighted by molar-refractivity contribution is 5.90. The van der Waals surface area contributed by atoms with Crippen molar-refractivity contribution in [3.8, 4) is 5.75 Å². The summed E-state index contributed by atoms with van der Waals surface area (Å²) in [5, 5.41) is 0. The second kappa shape index (κ2) is 10.2. The molecule has 162 valence electrons. The first-order valence-electron chi connectivity index (χ1n) is 9.28. The van der Waals surface area contributed by atoms with E-state index in [4.69, 9.17) is 9.47 Å². The number of hydrogen-bond acceptors (Lipinski definition) is 6. The number of ether oxygens (including phenoxy) is 3. The van der Waals surface area contributed by atoms with Crippen molar-refractivity contribution in [1.29, 1.82) is 0 Å². The molecule has 0 fully saturated rings. The van der Waals surface area contributed by atoms with Gasteiger partial charge in [0.25, 0.3) is 0 Å². The number of nitrogens with zero attached hydrogens (tertiary/aromatic N) is 1. The fourth-order valence-corrected chi connectivity index (χ4v) is 2.71. The van der Waals surface area contributed by atoms with Crippen molar-refractivity contribution in [3.05, 3.63) is 29.6 Å². The van der Waals surface area contributed by atoms with Crippen LogP contribution in [0.25, 0.3) is 0 Å². The summed E-state index contributed by atoms with van der Waals surface area (Å²) in [4.78, 5) is 38.3. The van der Waals surface area contributed by atoms with E-state index in [0.29, 0.717) is 5.56 Å². The Morgan fingerprint density at radius 3 is 2.28 bits per heavy atom. The molecule has 8 heteroatoms. The summed E-state index contributed by atoms with van der Waals surface area (Å²) >= 11 is 0. The molecule has 0 bridgehead atoms. The Morgan fingerprint density at radius 1 is 1.17 bits per heavy atom. The molecule has 1 aromatic rings. The van der Waals surface area contributed by atoms with Gasteiger partial charge in [-0.05, 0) is 38.5 Å². The highest BCUT2D eigenvalue weighted by Gasteiger charge is 2.32. The van der Waals surface area contributed by atoms with E-state index >= 15 is 0 Å². The number of Topliss-reactive ketones (excluding diaryl/α,β-unsaturated/α-hetero) is 1. The second-order valence-corrected chi connectivity index (χ2v) is 7.87. The van der Waals surface area contributed by atoms with Gasteiger partial charge in [-0.15, -0.1) is 0 Å². The van der Waals surface area contributed by atoms with Crippen molar-refractivity contribution in [3.63, 3.8) is 0 Å². The van der Waals surface area contributed by atoms with Gasteiger partial charge in [0.1, 0.15) is 5.60 Å². The third kappa shape index (κ3) is 7.36. The van der Waals surface area contributed by atoms with Crippen molar-refractivity contribution in [2.45, 2.75) is 52.2 Å². The van der Waals surface area contributed by atoms with Gasteiger partial charge in [0.05, 0.1) is 26.2 Å². The SMILES string of the molecule is COC(=O)[C@H](C)CC(=O)[C@H](Cc1ccc(OC)c(F)c1)N(C)C(=O)OC(C)(C)C. The summed E-state index contributed by atoms with van der Waals surface area (Å²) in [7, 11) is 4.04. The fraction of sp³-hybridized carbons (Fsp3) is 0.571. The number of rotatable bonds is 8. The Kier molecular flexibility index (Phi) is 8.60. The fourth-order valence-electron chi connectivity index (χ4n) is 2.71. The smallest absolute Gasteiger partial charge is 0.410 e. The molecular weight excluding hydrogens is 381 g/mol. The van der Waals surface area contributed by atoms with Crippen LogP contribution in [0.4, 0.5) is 9.18 Å². The molecule has 0 radical (unpaired) electrons. The highest BCUT2D eigenvalue weighted by Crippen LogP contribution is 2.22. The number of ketones is 1. The Morgan fingerprint density at radius 2 is 1.79 bits per heavy atom. The quantitative estimate of drug-likeness (QED) is 0.610. The zero-order chi connectivity index (χ0) is 22.4. The number of halogens is 1. The van der Waals surface area contributed by atoms with Crippen LogP contribution in [0.3, 0.4) is 0 Å². The summed E-state index contributed by atoms with van der Waals surface area (Å²) in [6.45, 7) is 6.72. The third-order valence-corrected chi connectivity index (χ3v) is 4.28. The molecule has 1 amide bonds. The number of amides is 1. The molecule has 7 nitrogen and oxygen atoms in total. The Labute approximate surface area is 171 Å². The minimum Gasteiger partial charge on any atom is -0.494 e. The summed E-state index contributed by atoms with van der Waals surface area (Å²) < 4.78 is 29.0. The Balaban J connectivity index is 3.12. The molecule has 0 saturated heterocycles. The normalized spacial score (nSPS) is 13.2. The molecule has 2 atom stereocenters. The maximum atomic E-state index is 14.1. The van der Waals surface area contributed by atoms with E-state index in [2.05, 4.69) is 4.74 Å². The maximum absolute atomic E-state index is 14.1. The van der Waals surface area contributed by atoms with Crippen molar-refractivity contribution in [2.75, 3.05) is 21.3 Å². The van der Waals surface area contributed by atoms with E-state index in [1.807, 2.05) is 0 Å². The van der Waals surface area contributed by atoms with Crippen LogP contribution < -0.4 is 4.74 Å². The number of methoxy groups -OCH3 is 2. The molecule has 0 aliphatic rings. The molecule has 29 heavy (non-hydrogen) atoms. The number of carbonyl (C=O) groups excluding carboxylic acids is 3. The zero-order valence-electron chi connectivity index (χ0n) is 18.1. The average Bonchev–Trinajstić information content (AvgIpc) is 2.63. The standard InChI is InChI=1S/C21H30FNO6/c1-13(19(25)28-7)10-17(24)16(23(5)20(26)29-21(2,3)4)12-14-8-9-18(27-6)15(22)11-14/h8-9,11,13,16H,10,12H2,1-7H3/t13-,16+/m1/s1. The van der Waals surface area contributed by atoms with Gasteiger partial charge in [-0.2, -0.15) is 0 Å². The van der Waals surface area contributed by atoms with E-state index < -0.39 is 35.4 Å². The first kappa shape index (κ1) is 24.4. The van der Waals surface area contributed by atoms with Crippen LogP contribution in [-0.4, -0.2) is 55.7 Å². The van der Waals surface area contributed by atoms with Crippen LogP contribution in [0.1, 0.15) is 39.7 Å². The van der Waals surface area contributed by atoms with Crippen LogP contribution >= 0.6 is 0 Å². The van der Waals surface area contributed by atoms with Crippen molar-refractivity contribution < 1.29 is 33.0 Å². The highest BCUT2D eigenvalue weighted by atomic mass is 19.1. The molecule has 0 heterocycles. The van der Waals surface area contributed by atoms with E-state index in [0.717, 1.165) is 0 Å². The predicted octanol–water partition coefficient (Wildman–Crippen LogP) is 3.38. The largest absolute Gasteiger partial charge is 0.494 e. The van der Waals surface area contributed by atoms with Crippen molar-refractivity contribution >= 4 is 17.8 Å². The lowest BCUT2D eigenvalue weighted by atomic mass is 9.94. The lowest BCUT2D eigenvalue weighted by molar-refractivity contribution is -0.146. The molecule has 0 spiro atoms. The van der Waals surface area contributed by atoms with Crippen molar-refractivity contribution in [2.24, 2.45) is 5.92 Å². The van der Waals surface area contributed by atoms with E-state index in [9.17, 15) is 18.8 Å².